The number of nitrogens with one attached hydrogen (secondary N) is 1. The van der Waals surface area contributed by atoms with Crippen LogP contribution in [0.2, 0.25) is 0 Å². The summed E-state index contributed by atoms with van der Waals surface area (Å²) < 4.78 is 85.9. The van der Waals surface area contributed by atoms with Gasteiger partial charge in [-0.1, -0.05) is 35.4 Å². The van der Waals surface area contributed by atoms with Crippen molar-refractivity contribution in [2.75, 3.05) is 0 Å². The summed E-state index contributed by atoms with van der Waals surface area (Å²) in [5.41, 5.74) is 0.908. The number of nitrogens with zero attached hydrogens (tertiary/aromatic N) is 2. The fourth-order valence-corrected chi connectivity index (χ4v) is 5.06. The van der Waals surface area contributed by atoms with Crippen molar-refractivity contribution in [1.29, 1.82) is 5.26 Å². The van der Waals surface area contributed by atoms with Crippen molar-refractivity contribution in [2.45, 2.75) is 32.7 Å². The van der Waals surface area contributed by atoms with Gasteiger partial charge in [-0.15, -0.1) is 13.2 Å². The van der Waals surface area contributed by atoms with Gasteiger partial charge in [-0.2, -0.15) is 13.7 Å². The van der Waals surface area contributed by atoms with Crippen LogP contribution >= 0.6 is 0 Å². The van der Waals surface area contributed by atoms with Gasteiger partial charge in [0, 0.05) is 23.0 Å². The number of benzene rings is 3. The summed E-state index contributed by atoms with van der Waals surface area (Å²) in [5.74, 6) is -1.19. The van der Waals surface area contributed by atoms with Crippen LogP contribution in [0, 0.1) is 11.3 Å². The molecular weight excluding hydrogens is 554 g/mol. The van der Waals surface area contributed by atoms with Crippen molar-refractivity contribution in [3.63, 3.8) is 0 Å². The lowest BCUT2D eigenvalue weighted by Gasteiger charge is -2.18. The standard InChI is InChI=1S/C27H19F4N3O5S/c1-2-3-9-34-22-12-19(16-5-4-6-17(11-16)39-40(31,36)37)23(38-27(28,29)30)13-20(22)25(35)24-18-8-7-15(14-32)10-21(18)33-26(24)34/h4-8,10-13,33H,2-3,9H2,1H3. The number of aromatic nitrogens is 2. The summed E-state index contributed by atoms with van der Waals surface area (Å²) in [7, 11) is -5.40. The molecule has 0 radical (unpaired) electrons. The second-order valence-electron chi connectivity index (χ2n) is 8.97. The average Bonchev–Trinajstić information content (AvgIpc) is 3.25. The molecule has 5 aromatic rings. The molecular formula is C27H19F4N3O5S. The van der Waals surface area contributed by atoms with Crippen LogP contribution in [0.3, 0.4) is 0 Å². The highest BCUT2D eigenvalue weighted by atomic mass is 32.3. The number of aryl methyl sites for hydroxylation is 1. The Morgan fingerprint density at radius 1 is 1.07 bits per heavy atom. The van der Waals surface area contributed by atoms with E-state index in [9.17, 15) is 35.5 Å². The number of hydrogen-bond donors (Lipinski definition) is 1. The van der Waals surface area contributed by atoms with E-state index in [1.54, 1.807) is 22.8 Å². The van der Waals surface area contributed by atoms with Crippen LogP contribution in [-0.4, -0.2) is 24.3 Å². The van der Waals surface area contributed by atoms with E-state index < -0.39 is 33.8 Å². The zero-order valence-electron chi connectivity index (χ0n) is 20.7. The molecule has 5 rings (SSSR count). The molecule has 0 atom stereocenters. The van der Waals surface area contributed by atoms with E-state index in [0.29, 0.717) is 35.1 Å². The number of hydrogen-bond acceptors (Lipinski definition) is 6. The minimum Gasteiger partial charge on any atom is -0.405 e. The van der Waals surface area contributed by atoms with Crippen molar-refractivity contribution >= 4 is 43.3 Å². The molecule has 0 bridgehead atoms. The monoisotopic (exact) mass is 573 g/mol. The molecule has 0 aliphatic rings. The second-order valence-corrected chi connectivity index (χ2v) is 9.93. The van der Waals surface area contributed by atoms with Crippen LogP contribution in [0.1, 0.15) is 25.3 Å². The van der Waals surface area contributed by atoms with Crippen LogP contribution in [0.15, 0.2) is 59.4 Å². The molecule has 0 unspecified atom stereocenters. The highest BCUT2D eigenvalue weighted by Crippen LogP contribution is 2.39. The third-order valence-electron chi connectivity index (χ3n) is 6.34. The van der Waals surface area contributed by atoms with Crippen LogP contribution in [0.25, 0.3) is 44.0 Å². The van der Waals surface area contributed by atoms with Gasteiger partial charge in [0.1, 0.15) is 17.1 Å². The lowest BCUT2D eigenvalue weighted by molar-refractivity contribution is -0.274. The van der Waals surface area contributed by atoms with Gasteiger partial charge in [0.15, 0.2) is 5.43 Å². The van der Waals surface area contributed by atoms with E-state index in [2.05, 4.69) is 13.9 Å². The fraction of sp³-hybridized carbons (Fsp3) is 0.185. The van der Waals surface area contributed by atoms with Crippen LogP contribution < -0.4 is 14.3 Å². The number of halogens is 4. The predicted molar refractivity (Wildman–Crippen MR) is 140 cm³/mol. The maximum Gasteiger partial charge on any atom is 0.573 e. The molecule has 206 valence electrons. The SMILES string of the molecule is CCCCn1c2cc(-c3cccc(OS(=O)(=O)F)c3)c(OC(F)(F)F)cc2c(=O)c2c3ccc(C#N)cc3[nH]c21. The minimum atomic E-state index is -5.40. The molecule has 13 heteroatoms. The summed E-state index contributed by atoms with van der Waals surface area (Å²) in [5, 5.41) is 10.0. The molecule has 0 amide bonds. The van der Waals surface area contributed by atoms with Crippen molar-refractivity contribution in [3.8, 4) is 28.7 Å². The quantitative estimate of drug-likeness (QED) is 0.176. The van der Waals surface area contributed by atoms with E-state index in [-0.39, 0.29) is 27.4 Å². The molecule has 1 N–H and O–H groups in total. The highest BCUT2D eigenvalue weighted by Gasteiger charge is 2.33. The first-order valence-corrected chi connectivity index (χ1v) is 13.3. The van der Waals surface area contributed by atoms with Crippen molar-refractivity contribution in [2.24, 2.45) is 0 Å². The van der Waals surface area contributed by atoms with Gasteiger partial charge in [0.2, 0.25) is 0 Å². The van der Waals surface area contributed by atoms with Crippen molar-refractivity contribution < 1.29 is 34.4 Å². The molecule has 0 fully saturated rings. The lowest BCUT2D eigenvalue weighted by Crippen LogP contribution is -2.18. The molecule has 0 spiro atoms. The number of fused-ring (bicyclic) bond motifs is 4. The third kappa shape index (κ3) is 5.17. The Morgan fingerprint density at radius 3 is 2.52 bits per heavy atom. The van der Waals surface area contributed by atoms with Crippen molar-refractivity contribution in [3.05, 3.63) is 70.4 Å². The Labute approximate surface area is 224 Å². The predicted octanol–water partition coefficient (Wildman–Crippen LogP) is 6.47. The summed E-state index contributed by atoms with van der Waals surface area (Å²) in [4.78, 5) is 16.9. The zero-order valence-corrected chi connectivity index (χ0v) is 21.5. The summed E-state index contributed by atoms with van der Waals surface area (Å²) in [6, 6.07) is 13.9. The molecule has 8 nitrogen and oxygen atoms in total. The first kappa shape index (κ1) is 27.0. The molecule has 2 heterocycles. The summed E-state index contributed by atoms with van der Waals surface area (Å²) >= 11 is 0. The number of nitriles is 1. The second kappa shape index (κ2) is 9.87. The maximum atomic E-state index is 13.8. The minimum absolute atomic E-state index is 0.0206. The summed E-state index contributed by atoms with van der Waals surface area (Å²) in [6.45, 7) is 2.35. The van der Waals surface area contributed by atoms with Crippen molar-refractivity contribution in [1.82, 2.24) is 9.55 Å². The Balaban J connectivity index is 1.88. The number of pyridine rings is 1. The third-order valence-corrected chi connectivity index (χ3v) is 6.73. The van der Waals surface area contributed by atoms with E-state index >= 15 is 0 Å². The van der Waals surface area contributed by atoms with Gasteiger partial charge in [-0.05, 0) is 48.4 Å². The Kier molecular flexibility index (Phi) is 6.67. The molecule has 40 heavy (non-hydrogen) atoms. The summed E-state index contributed by atoms with van der Waals surface area (Å²) in [6.07, 6.45) is -3.69. The maximum absolute atomic E-state index is 13.8. The fourth-order valence-electron chi connectivity index (χ4n) is 4.73. The smallest absolute Gasteiger partial charge is 0.405 e. The van der Waals surface area contributed by atoms with E-state index in [0.717, 1.165) is 24.6 Å². The van der Waals surface area contributed by atoms with E-state index in [1.165, 1.54) is 18.2 Å². The highest BCUT2D eigenvalue weighted by molar-refractivity contribution is 7.81. The Hall–Kier alpha value is -4.57. The number of alkyl halides is 3. The molecule has 0 saturated carbocycles. The number of unbranched alkanes of at least 4 members (excludes halogenated alkanes) is 1. The Morgan fingerprint density at radius 2 is 1.85 bits per heavy atom. The van der Waals surface area contributed by atoms with Gasteiger partial charge in [-0.25, -0.2) is 0 Å². The number of ether oxygens (including phenoxy) is 1. The first-order valence-electron chi connectivity index (χ1n) is 11.9. The lowest BCUT2D eigenvalue weighted by atomic mass is 10.0. The number of aromatic amines is 1. The molecule has 0 saturated heterocycles. The number of rotatable bonds is 7. The zero-order chi connectivity index (χ0) is 28.8. The average molecular weight is 574 g/mol. The normalized spacial score (nSPS) is 12.2. The molecule has 0 aliphatic heterocycles. The van der Waals surface area contributed by atoms with Gasteiger partial charge in [-0.3, -0.25) is 4.79 Å². The van der Waals surface area contributed by atoms with Gasteiger partial charge >= 0.3 is 16.9 Å². The van der Waals surface area contributed by atoms with Gasteiger partial charge < -0.3 is 18.5 Å². The van der Waals surface area contributed by atoms with Gasteiger partial charge in [0.05, 0.1) is 27.9 Å². The van der Waals surface area contributed by atoms with E-state index in [1.807, 2.05) is 13.0 Å². The molecule has 3 aromatic carbocycles. The van der Waals surface area contributed by atoms with Crippen LogP contribution in [0.4, 0.5) is 17.1 Å². The van der Waals surface area contributed by atoms with E-state index in [4.69, 9.17) is 0 Å². The Bertz CT molecular complexity index is 2010. The first-order chi connectivity index (χ1) is 18.9. The van der Waals surface area contributed by atoms with Crippen LogP contribution in [0.5, 0.6) is 11.5 Å². The topological polar surface area (TPSA) is 114 Å². The number of H-pyrrole nitrogens is 1. The largest absolute Gasteiger partial charge is 0.573 e. The molecule has 2 aromatic heterocycles. The van der Waals surface area contributed by atoms with Gasteiger partial charge in [0.25, 0.3) is 0 Å². The molecule has 0 aliphatic carbocycles. The van der Waals surface area contributed by atoms with Crippen LogP contribution in [-0.2, 0) is 17.0 Å².